The Kier molecular flexibility index (Phi) is 1.57. The van der Waals surface area contributed by atoms with Crippen molar-refractivity contribution >= 4 is 0 Å². The Morgan fingerprint density at radius 2 is 2.12 bits per heavy atom. The van der Waals surface area contributed by atoms with Gasteiger partial charge in [-0.05, 0) is 0 Å². The lowest BCUT2D eigenvalue weighted by Crippen LogP contribution is -2.04. The van der Waals surface area contributed by atoms with Crippen molar-refractivity contribution in [3.63, 3.8) is 0 Å². The van der Waals surface area contributed by atoms with Crippen LogP contribution in [0.4, 0.5) is 0 Å². The molecule has 1 rings (SSSR count). The lowest BCUT2D eigenvalue weighted by molar-refractivity contribution is -0.0187. The van der Waals surface area contributed by atoms with Crippen LogP contribution in [0.1, 0.15) is 6.42 Å². The summed E-state index contributed by atoms with van der Waals surface area (Å²) in [5.74, 6) is 0. The number of hydrogen-bond acceptors (Lipinski definition) is 2. The molecule has 44 valence electrons. The summed E-state index contributed by atoms with van der Waals surface area (Å²) in [5, 5.41) is 0. The highest BCUT2D eigenvalue weighted by molar-refractivity contribution is 4.76. The first-order valence-electron chi connectivity index (χ1n) is 2.50. The fourth-order valence-corrected chi connectivity index (χ4v) is 0.519. The lowest BCUT2D eigenvalue weighted by atomic mass is 10.4. The molecular weight excluding hydrogens is 104 g/mol. The molecule has 0 aliphatic carbocycles. The monoisotopic (exact) mass is 112 g/mol. The summed E-state index contributed by atoms with van der Waals surface area (Å²) in [7, 11) is 0. The van der Waals surface area contributed by atoms with Crippen LogP contribution in [0, 0.1) is 0 Å². The van der Waals surface area contributed by atoms with E-state index in [1.165, 1.54) is 12.5 Å². The molecule has 0 unspecified atom stereocenters. The van der Waals surface area contributed by atoms with Gasteiger partial charge >= 0.3 is 0 Å². The molecule has 0 N–H and O–H groups in total. The predicted molar refractivity (Wildman–Crippen MR) is 29.9 cm³/mol. The van der Waals surface area contributed by atoms with Crippen molar-refractivity contribution in [2.75, 3.05) is 0 Å². The molecule has 0 saturated carbocycles. The highest BCUT2D eigenvalue weighted by Gasteiger charge is 2.07. The molecule has 1 aliphatic rings. The van der Waals surface area contributed by atoms with E-state index in [-0.39, 0.29) is 6.29 Å². The quantitative estimate of drug-likeness (QED) is 0.503. The van der Waals surface area contributed by atoms with Gasteiger partial charge in [0.15, 0.2) is 0 Å². The molecule has 1 aliphatic heterocycles. The van der Waals surface area contributed by atoms with Crippen molar-refractivity contribution in [3.8, 4) is 0 Å². The highest BCUT2D eigenvalue weighted by atomic mass is 16.7. The molecule has 0 atom stereocenters. The van der Waals surface area contributed by atoms with E-state index in [0.717, 1.165) is 6.42 Å². The van der Waals surface area contributed by atoms with Crippen LogP contribution in [0.3, 0.4) is 0 Å². The van der Waals surface area contributed by atoms with Crippen LogP contribution < -0.4 is 0 Å². The van der Waals surface area contributed by atoms with E-state index in [1.54, 1.807) is 6.08 Å². The molecule has 2 nitrogen and oxygen atoms in total. The van der Waals surface area contributed by atoms with E-state index in [9.17, 15) is 0 Å². The first-order chi connectivity index (χ1) is 3.93. The van der Waals surface area contributed by atoms with Gasteiger partial charge in [0.1, 0.15) is 12.5 Å². The third-order valence-electron chi connectivity index (χ3n) is 0.875. The summed E-state index contributed by atoms with van der Waals surface area (Å²) in [4.78, 5) is 0. The van der Waals surface area contributed by atoms with Gasteiger partial charge < -0.3 is 9.47 Å². The van der Waals surface area contributed by atoms with Gasteiger partial charge in [-0.3, -0.25) is 0 Å². The topological polar surface area (TPSA) is 18.5 Å². The standard InChI is InChI=1S/C6H8O2/c1-2-3-6-7-4-5-8-6/h2,4-6H,1,3H2. The maximum Gasteiger partial charge on any atom is 0.243 e. The van der Waals surface area contributed by atoms with Crippen LogP contribution in [0.5, 0.6) is 0 Å². The van der Waals surface area contributed by atoms with E-state index in [1.807, 2.05) is 0 Å². The summed E-state index contributed by atoms with van der Waals surface area (Å²) in [6.07, 6.45) is 5.46. The maximum absolute atomic E-state index is 4.92. The number of rotatable bonds is 2. The van der Waals surface area contributed by atoms with Crippen molar-refractivity contribution in [3.05, 3.63) is 25.2 Å². The Morgan fingerprint density at radius 1 is 1.50 bits per heavy atom. The molecule has 0 aromatic carbocycles. The molecule has 2 heteroatoms. The van der Waals surface area contributed by atoms with E-state index in [4.69, 9.17) is 9.47 Å². The van der Waals surface area contributed by atoms with Crippen molar-refractivity contribution < 1.29 is 9.47 Å². The number of hydrogen-bond donors (Lipinski definition) is 0. The first kappa shape index (κ1) is 5.22. The van der Waals surface area contributed by atoms with Gasteiger partial charge in [0.05, 0.1) is 0 Å². The van der Waals surface area contributed by atoms with Gasteiger partial charge in [-0.2, -0.15) is 0 Å². The van der Waals surface area contributed by atoms with E-state index in [2.05, 4.69) is 6.58 Å². The Balaban J connectivity index is 2.19. The third-order valence-corrected chi connectivity index (χ3v) is 0.875. The molecule has 0 aromatic rings. The van der Waals surface area contributed by atoms with E-state index < -0.39 is 0 Å². The highest BCUT2D eigenvalue weighted by Crippen LogP contribution is 2.08. The zero-order chi connectivity index (χ0) is 5.82. The van der Waals surface area contributed by atoms with E-state index >= 15 is 0 Å². The SMILES string of the molecule is C=CCC1OC=CO1. The van der Waals surface area contributed by atoms with Crippen molar-refractivity contribution in [1.29, 1.82) is 0 Å². The molecule has 1 heterocycles. The minimum absolute atomic E-state index is 0.118. The zero-order valence-corrected chi connectivity index (χ0v) is 4.54. The van der Waals surface area contributed by atoms with Crippen molar-refractivity contribution in [2.45, 2.75) is 12.7 Å². The summed E-state index contributed by atoms with van der Waals surface area (Å²) >= 11 is 0. The second kappa shape index (κ2) is 2.40. The Morgan fingerprint density at radius 3 is 2.62 bits per heavy atom. The van der Waals surface area contributed by atoms with Crippen molar-refractivity contribution in [2.24, 2.45) is 0 Å². The van der Waals surface area contributed by atoms with Crippen LogP contribution in [0.25, 0.3) is 0 Å². The minimum Gasteiger partial charge on any atom is -0.459 e. The van der Waals surface area contributed by atoms with Crippen LogP contribution in [0.2, 0.25) is 0 Å². The largest absolute Gasteiger partial charge is 0.459 e. The van der Waals surface area contributed by atoms with Crippen LogP contribution in [-0.2, 0) is 9.47 Å². The smallest absolute Gasteiger partial charge is 0.243 e. The molecule has 0 saturated heterocycles. The predicted octanol–water partition coefficient (Wildman–Crippen LogP) is 1.41. The van der Waals surface area contributed by atoms with Crippen molar-refractivity contribution in [1.82, 2.24) is 0 Å². The van der Waals surface area contributed by atoms with Crippen LogP contribution in [-0.4, -0.2) is 6.29 Å². The molecule has 0 aromatic heterocycles. The Labute approximate surface area is 48.4 Å². The molecule has 0 amide bonds. The zero-order valence-electron chi connectivity index (χ0n) is 4.54. The maximum atomic E-state index is 4.92. The molecule has 0 spiro atoms. The normalized spacial score (nSPS) is 17.5. The first-order valence-corrected chi connectivity index (χ1v) is 2.50. The van der Waals surface area contributed by atoms with Gasteiger partial charge in [-0.25, -0.2) is 0 Å². The minimum atomic E-state index is -0.118. The Hall–Kier alpha value is -0.920. The van der Waals surface area contributed by atoms with Crippen LogP contribution >= 0.6 is 0 Å². The Bertz CT molecular complexity index is 99.1. The lowest BCUT2D eigenvalue weighted by Gasteiger charge is -2.04. The summed E-state index contributed by atoms with van der Waals surface area (Å²) < 4.78 is 9.84. The molecule has 0 radical (unpaired) electrons. The molecule has 8 heavy (non-hydrogen) atoms. The molecule has 0 fully saturated rings. The van der Waals surface area contributed by atoms with E-state index in [0.29, 0.717) is 0 Å². The fraction of sp³-hybridized carbons (Fsp3) is 0.333. The average Bonchev–Trinajstić information content (AvgIpc) is 2.19. The van der Waals surface area contributed by atoms with Gasteiger partial charge in [0.2, 0.25) is 6.29 Å². The van der Waals surface area contributed by atoms with Gasteiger partial charge in [0, 0.05) is 6.42 Å². The van der Waals surface area contributed by atoms with Gasteiger partial charge in [0.25, 0.3) is 0 Å². The molecule has 0 bridgehead atoms. The van der Waals surface area contributed by atoms with Gasteiger partial charge in [-0.15, -0.1) is 6.58 Å². The second-order valence-electron chi connectivity index (χ2n) is 1.50. The van der Waals surface area contributed by atoms with Crippen LogP contribution in [0.15, 0.2) is 25.2 Å². The summed E-state index contributed by atoms with van der Waals surface area (Å²) in [5.41, 5.74) is 0. The fourth-order valence-electron chi connectivity index (χ4n) is 0.519. The number of ether oxygens (including phenoxy) is 2. The average molecular weight is 112 g/mol. The summed E-state index contributed by atoms with van der Waals surface area (Å²) in [6, 6.07) is 0. The van der Waals surface area contributed by atoms with Gasteiger partial charge in [-0.1, -0.05) is 6.08 Å². The second-order valence-corrected chi connectivity index (χ2v) is 1.50. The third kappa shape index (κ3) is 1.03. The molecular formula is C6H8O2. The summed E-state index contributed by atoms with van der Waals surface area (Å²) in [6.45, 7) is 3.54.